The number of methoxy groups -OCH3 is 1. The lowest BCUT2D eigenvalue weighted by molar-refractivity contribution is 0.0785. The van der Waals surface area contributed by atoms with E-state index in [0.717, 1.165) is 11.1 Å². The van der Waals surface area contributed by atoms with Crippen molar-refractivity contribution in [1.29, 1.82) is 0 Å². The van der Waals surface area contributed by atoms with Crippen molar-refractivity contribution < 1.29 is 9.53 Å². The zero-order valence-electron chi connectivity index (χ0n) is 14.0. The SMILES string of the molecule is COCc1cccc(C(=O)N(C)Cc2cccc3ccccc23)c1. The quantitative estimate of drug-likeness (QED) is 0.703. The van der Waals surface area contributed by atoms with Crippen molar-refractivity contribution in [2.75, 3.05) is 14.2 Å². The molecule has 24 heavy (non-hydrogen) atoms. The molecule has 0 aliphatic carbocycles. The van der Waals surface area contributed by atoms with Crippen LogP contribution < -0.4 is 0 Å². The summed E-state index contributed by atoms with van der Waals surface area (Å²) in [5.41, 5.74) is 2.84. The van der Waals surface area contributed by atoms with Gasteiger partial charge in [-0.3, -0.25) is 4.79 Å². The highest BCUT2D eigenvalue weighted by Gasteiger charge is 2.13. The van der Waals surface area contributed by atoms with Crippen LogP contribution in [-0.2, 0) is 17.9 Å². The van der Waals surface area contributed by atoms with Crippen LogP contribution in [0.2, 0.25) is 0 Å². The minimum atomic E-state index is 0.0147. The molecule has 1 amide bonds. The number of carbonyl (C=O) groups excluding carboxylic acids is 1. The Morgan fingerprint density at radius 1 is 1.00 bits per heavy atom. The largest absolute Gasteiger partial charge is 0.380 e. The van der Waals surface area contributed by atoms with Gasteiger partial charge in [-0.1, -0.05) is 54.6 Å². The fourth-order valence-electron chi connectivity index (χ4n) is 2.94. The third-order valence-electron chi connectivity index (χ3n) is 4.12. The van der Waals surface area contributed by atoms with Crippen LogP contribution in [0.15, 0.2) is 66.7 Å². The maximum absolute atomic E-state index is 12.7. The Morgan fingerprint density at radius 2 is 1.75 bits per heavy atom. The molecular weight excluding hydrogens is 298 g/mol. The summed E-state index contributed by atoms with van der Waals surface area (Å²) in [6, 6.07) is 22.1. The van der Waals surface area contributed by atoms with Crippen LogP contribution in [0.25, 0.3) is 10.8 Å². The third-order valence-corrected chi connectivity index (χ3v) is 4.12. The molecular formula is C21H21NO2. The fraction of sp³-hybridized carbons (Fsp3) is 0.190. The van der Waals surface area contributed by atoms with Crippen LogP contribution in [0.3, 0.4) is 0 Å². The van der Waals surface area contributed by atoms with E-state index in [1.165, 1.54) is 10.8 Å². The molecule has 0 heterocycles. The molecule has 0 atom stereocenters. The van der Waals surface area contributed by atoms with Crippen LogP contribution in [0.5, 0.6) is 0 Å². The van der Waals surface area contributed by atoms with Crippen LogP contribution in [0.4, 0.5) is 0 Å². The van der Waals surface area contributed by atoms with Crippen molar-refractivity contribution in [3.05, 3.63) is 83.4 Å². The summed E-state index contributed by atoms with van der Waals surface area (Å²) in [6.45, 7) is 1.09. The molecule has 0 aliphatic rings. The second-order valence-electron chi connectivity index (χ2n) is 5.93. The van der Waals surface area contributed by atoms with Gasteiger partial charge < -0.3 is 9.64 Å². The molecule has 3 heteroatoms. The highest BCUT2D eigenvalue weighted by atomic mass is 16.5. The van der Waals surface area contributed by atoms with E-state index in [1.54, 1.807) is 12.0 Å². The van der Waals surface area contributed by atoms with Crippen molar-refractivity contribution in [2.45, 2.75) is 13.2 Å². The molecule has 0 aliphatic heterocycles. The highest BCUT2D eigenvalue weighted by Crippen LogP contribution is 2.20. The number of carbonyl (C=O) groups is 1. The van der Waals surface area contributed by atoms with E-state index in [9.17, 15) is 4.79 Å². The molecule has 0 spiro atoms. The van der Waals surface area contributed by atoms with Gasteiger partial charge in [0.1, 0.15) is 0 Å². The van der Waals surface area contributed by atoms with Crippen molar-refractivity contribution in [3.63, 3.8) is 0 Å². The van der Waals surface area contributed by atoms with Gasteiger partial charge in [-0.25, -0.2) is 0 Å². The second-order valence-corrected chi connectivity index (χ2v) is 5.93. The average molecular weight is 319 g/mol. The average Bonchev–Trinajstić information content (AvgIpc) is 2.62. The van der Waals surface area contributed by atoms with E-state index < -0.39 is 0 Å². The van der Waals surface area contributed by atoms with Crippen LogP contribution in [0, 0.1) is 0 Å². The van der Waals surface area contributed by atoms with E-state index in [0.29, 0.717) is 18.7 Å². The number of hydrogen-bond donors (Lipinski definition) is 0. The Bertz CT molecular complexity index is 852. The first-order chi connectivity index (χ1) is 11.7. The highest BCUT2D eigenvalue weighted by molar-refractivity contribution is 5.94. The normalized spacial score (nSPS) is 10.8. The van der Waals surface area contributed by atoms with Crippen LogP contribution >= 0.6 is 0 Å². The van der Waals surface area contributed by atoms with Gasteiger partial charge >= 0.3 is 0 Å². The Labute approximate surface area is 142 Å². The lowest BCUT2D eigenvalue weighted by atomic mass is 10.0. The first-order valence-corrected chi connectivity index (χ1v) is 7.99. The number of rotatable bonds is 5. The lowest BCUT2D eigenvalue weighted by Gasteiger charge is -2.19. The molecule has 3 nitrogen and oxygen atoms in total. The molecule has 0 fully saturated rings. The minimum absolute atomic E-state index is 0.0147. The molecule has 0 unspecified atom stereocenters. The molecule has 0 N–H and O–H groups in total. The lowest BCUT2D eigenvalue weighted by Crippen LogP contribution is -2.26. The number of nitrogens with zero attached hydrogens (tertiary/aromatic N) is 1. The Balaban J connectivity index is 1.82. The maximum atomic E-state index is 12.7. The Kier molecular flexibility index (Phi) is 4.92. The minimum Gasteiger partial charge on any atom is -0.380 e. The van der Waals surface area contributed by atoms with E-state index in [4.69, 9.17) is 4.74 Å². The summed E-state index contributed by atoms with van der Waals surface area (Å²) >= 11 is 0. The predicted molar refractivity (Wildman–Crippen MR) is 96.9 cm³/mol. The summed E-state index contributed by atoms with van der Waals surface area (Å²) in [5.74, 6) is 0.0147. The molecule has 3 rings (SSSR count). The molecule has 122 valence electrons. The van der Waals surface area contributed by atoms with E-state index in [-0.39, 0.29) is 5.91 Å². The van der Waals surface area contributed by atoms with Gasteiger partial charge in [0, 0.05) is 26.3 Å². The smallest absolute Gasteiger partial charge is 0.253 e. The molecule has 3 aromatic carbocycles. The summed E-state index contributed by atoms with van der Waals surface area (Å²) < 4.78 is 5.14. The third kappa shape index (κ3) is 3.47. The second kappa shape index (κ2) is 7.28. The zero-order valence-corrected chi connectivity index (χ0v) is 14.0. The van der Waals surface area contributed by atoms with Crippen molar-refractivity contribution in [2.24, 2.45) is 0 Å². The number of benzene rings is 3. The van der Waals surface area contributed by atoms with Gasteiger partial charge in [0.05, 0.1) is 6.61 Å². The summed E-state index contributed by atoms with van der Waals surface area (Å²) in [5, 5.41) is 2.38. The zero-order chi connectivity index (χ0) is 16.9. The summed E-state index contributed by atoms with van der Waals surface area (Å²) in [6.07, 6.45) is 0. The van der Waals surface area contributed by atoms with Gasteiger partial charge in [0.2, 0.25) is 0 Å². The number of amides is 1. The van der Waals surface area contributed by atoms with Gasteiger partial charge in [0.25, 0.3) is 5.91 Å². The van der Waals surface area contributed by atoms with Gasteiger partial charge in [-0.15, -0.1) is 0 Å². The molecule has 0 bridgehead atoms. The summed E-state index contributed by atoms with van der Waals surface area (Å²) in [7, 11) is 3.49. The Morgan fingerprint density at radius 3 is 2.58 bits per heavy atom. The number of fused-ring (bicyclic) bond motifs is 1. The molecule has 0 saturated heterocycles. The Hall–Kier alpha value is -2.65. The number of ether oxygens (including phenoxy) is 1. The maximum Gasteiger partial charge on any atom is 0.253 e. The van der Waals surface area contributed by atoms with Gasteiger partial charge in [0.15, 0.2) is 0 Å². The molecule has 0 saturated carbocycles. The van der Waals surface area contributed by atoms with Crippen molar-refractivity contribution in [3.8, 4) is 0 Å². The fourth-order valence-corrected chi connectivity index (χ4v) is 2.94. The molecule has 0 radical (unpaired) electrons. The van der Waals surface area contributed by atoms with Crippen molar-refractivity contribution in [1.82, 2.24) is 4.90 Å². The summed E-state index contributed by atoms with van der Waals surface area (Å²) in [4.78, 5) is 14.5. The van der Waals surface area contributed by atoms with Crippen LogP contribution in [0.1, 0.15) is 21.5 Å². The monoisotopic (exact) mass is 319 g/mol. The topological polar surface area (TPSA) is 29.5 Å². The molecule has 0 aromatic heterocycles. The van der Waals surface area contributed by atoms with Gasteiger partial charge in [-0.05, 0) is 34.0 Å². The van der Waals surface area contributed by atoms with E-state index in [1.807, 2.05) is 49.5 Å². The first-order valence-electron chi connectivity index (χ1n) is 7.99. The predicted octanol–water partition coefficient (Wildman–Crippen LogP) is 4.26. The standard InChI is InChI=1S/C21H21NO2/c1-22(21(23)18-10-5-7-16(13-18)15-24-2)14-19-11-6-9-17-8-3-4-12-20(17)19/h3-13H,14-15H2,1-2H3. The van der Waals surface area contributed by atoms with E-state index in [2.05, 4.69) is 24.3 Å². The van der Waals surface area contributed by atoms with Gasteiger partial charge in [-0.2, -0.15) is 0 Å². The number of hydrogen-bond acceptors (Lipinski definition) is 2. The first kappa shape index (κ1) is 16.2. The van der Waals surface area contributed by atoms with Crippen LogP contribution in [-0.4, -0.2) is 25.0 Å². The van der Waals surface area contributed by atoms with E-state index >= 15 is 0 Å². The van der Waals surface area contributed by atoms with Crippen molar-refractivity contribution >= 4 is 16.7 Å². The molecule has 3 aromatic rings.